The summed E-state index contributed by atoms with van der Waals surface area (Å²) in [5.74, 6) is 1.17. The number of anilines is 1. The molecule has 104 valence electrons. The Morgan fingerprint density at radius 3 is 2.89 bits per heavy atom. The van der Waals surface area contributed by atoms with Gasteiger partial charge in [-0.05, 0) is 25.1 Å². The lowest BCUT2D eigenvalue weighted by Gasteiger charge is -2.39. The summed E-state index contributed by atoms with van der Waals surface area (Å²) in [5.41, 5.74) is 7.20. The lowest BCUT2D eigenvalue weighted by Crippen LogP contribution is -2.44. The number of nitrogens with zero attached hydrogens (tertiary/aromatic N) is 2. The van der Waals surface area contributed by atoms with Crippen LogP contribution in [0, 0.1) is 0 Å². The monoisotopic (exact) mass is 299 g/mol. The van der Waals surface area contributed by atoms with E-state index in [9.17, 15) is 0 Å². The molecular weight excluding hydrogens is 282 g/mol. The minimum Gasteiger partial charge on any atom is -0.409 e. The summed E-state index contributed by atoms with van der Waals surface area (Å²) in [6.07, 6.45) is 0. The normalized spacial score (nSPS) is 24.6. The summed E-state index contributed by atoms with van der Waals surface area (Å²) in [4.78, 5) is 2.32. The SMILES string of the molecule is CC1SCCN(c2ccc(/C(N)=N/O)cc2Cl)C1C. The summed E-state index contributed by atoms with van der Waals surface area (Å²) in [6.45, 7) is 5.43. The van der Waals surface area contributed by atoms with Crippen LogP contribution in [0.3, 0.4) is 0 Å². The van der Waals surface area contributed by atoms with Gasteiger partial charge in [-0.3, -0.25) is 0 Å². The Morgan fingerprint density at radius 2 is 2.26 bits per heavy atom. The topological polar surface area (TPSA) is 61.8 Å². The first kappa shape index (κ1) is 14.3. The first-order valence-corrected chi connectivity index (χ1v) is 7.63. The molecule has 0 saturated carbocycles. The van der Waals surface area contributed by atoms with Crippen LogP contribution in [0.2, 0.25) is 5.02 Å². The summed E-state index contributed by atoms with van der Waals surface area (Å²) < 4.78 is 0. The molecule has 0 aliphatic carbocycles. The number of oxime groups is 1. The summed E-state index contributed by atoms with van der Waals surface area (Å²) in [6, 6.07) is 5.95. The van der Waals surface area contributed by atoms with Crippen molar-refractivity contribution in [3.63, 3.8) is 0 Å². The molecule has 19 heavy (non-hydrogen) atoms. The van der Waals surface area contributed by atoms with Gasteiger partial charge in [-0.2, -0.15) is 11.8 Å². The molecule has 2 atom stereocenters. The minimum absolute atomic E-state index is 0.0732. The van der Waals surface area contributed by atoms with Gasteiger partial charge in [0.05, 0.1) is 10.7 Å². The molecule has 3 N–H and O–H groups in total. The van der Waals surface area contributed by atoms with Crippen molar-refractivity contribution in [2.24, 2.45) is 10.9 Å². The third-order valence-electron chi connectivity index (χ3n) is 3.54. The van der Waals surface area contributed by atoms with E-state index in [2.05, 4.69) is 23.9 Å². The molecule has 0 bridgehead atoms. The van der Waals surface area contributed by atoms with Crippen molar-refractivity contribution in [2.75, 3.05) is 17.2 Å². The zero-order chi connectivity index (χ0) is 14.0. The van der Waals surface area contributed by atoms with Gasteiger partial charge in [0, 0.05) is 29.2 Å². The van der Waals surface area contributed by atoms with Gasteiger partial charge >= 0.3 is 0 Å². The number of thioether (sulfide) groups is 1. The molecule has 0 aromatic heterocycles. The molecule has 1 aliphatic rings. The Hall–Kier alpha value is -1.07. The maximum Gasteiger partial charge on any atom is 0.170 e. The smallest absolute Gasteiger partial charge is 0.170 e. The van der Waals surface area contributed by atoms with Crippen LogP contribution in [0.25, 0.3) is 0 Å². The molecule has 6 heteroatoms. The van der Waals surface area contributed by atoms with E-state index >= 15 is 0 Å². The highest BCUT2D eigenvalue weighted by Crippen LogP contribution is 2.34. The predicted molar refractivity (Wildman–Crippen MR) is 82.7 cm³/mol. The van der Waals surface area contributed by atoms with E-state index in [1.165, 1.54) is 0 Å². The van der Waals surface area contributed by atoms with Gasteiger partial charge in [0.2, 0.25) is 0 Å². The summed E-state index contributed by atoms with van der Waals surface area (Å²) >= 11 is 8.32. The van der Waals surface area contributed by atoms with Gasteiger partial charge in [0.25, 0.3) is 0 Å². The number of nitrogens with two attached hydrogens (primary N) is 1. The number of hydrogen-bond acceptors (Lipinski definition) is 4. The molecule has 2 unspecified atom stereocenters. The average molecular weight is 300 g/mol. The molecule has 1 aliphatic heterocycles. The van der Waals surface area contributed by atoms with Crippen LogP contribution < -0.4 is 10.6 Å². The van der Waals surface area contributed by atoms with E-state index in [-0.39, 0.29) is 5.84 Å². The minimum atomic E-state index is 0.0732. The number of hydrogen-bond donors (Lipinski definition) is 2. The third-order valence-corrected chi connectivity index (χ3v) is 5.19. The maximum atomic E-state index is 8.68. The van der Waals surface area contributed by atoms with Crippen molar-refractivity contribution in [1.29, 1.82) is 0 Å². The van der Waals surface area contributed by atoms with Crippen molar-refractivity contribution < 1.29 is 5.21 Å². The zero-order valence-corrected chi connectivity index (χ0v) is 12.6. The fraction of sp³-hybridized carbons (Fsp3) is 0.462. The molecule has 1 fully saturated rings. The van der Waals surface area contributed by atoms with Crippen molar-refractivity contribution in [1.82, 2.24) is 0 Å². The maximum absolute atomic E-state index is 8.68. The Bertz CT molecular complexity index is 495. The van der Waals surface area contributed by atoms with Crippen LogP contribution in [0.1, 0.15) is 19.4 Å². The van der Waals surface area contributed by atoms with Crippen molar-refractivity contribution in [3.8, 4) is 0 Å². The molecule has 1 aromatic rings. The lowest BCUT2D eigenvalue weighted by molar-refractivity contribution is 0.318. The van der Waals surface area contributed by atoms with E-state index < -0.39 is 0 Å². The van der Waals surface area contributed by atoms with E-state index in [0.717, 1.165) is 18.0 Å². The molecular formula is C13H18ClN3OS. The van der Waals surface area contributed by atoms with Gasteiger partial charge in [-0.25, -0.2) is 0 Å². The van der Waals surface area contributed by atoms with Crippen LogP contribution in [-0.4, -0.2) is 34.6 Å². The second-order valence-electron chi connectivity index (χ2n) is 4.66. The highest BCUT2D eigenvalue weighted by atomic mass is 35.5. The Morgan fingerprint density at radius 1 is 1.53 bits per heavy atom. The fourth-order valence-corrected chi connectivity index (χ4v) is 3.62. The van der Waals surface area contributed by atoms with E-state index in [1.54, 1.807) is 6.07 Å². The predicted octanol–water partition coefficient (Wildman–Crippen LogP) is 2.76. The second-order valence-corrected chi connectivity index (χ2v) is 6.55. The summed E-state index contributed by atoms with van der Waals surface area (Å²) in [7, 11) is 0. The molecule has 1 heterocycles. The van der Waals surface area contributed by atoms with E-state index in [0.29, 0.717) is 21.9 Å². The number of benzene rings is 1. The Balaban J connectivity index is 2.30. The number of halogens is 1. The zero-order valence-electron chi connectivity index (χ0n) is 11.0. The highest BCUT2D eigenvalue weighted by Gasteiger charge is 2.26. The second kappa shape index (κ2) is 5.92. The molecule has 0 amide bonds. The van der Waals surface area contributed by atoms with Crippen LogP contribution in [0.4, 0.5) is 5.69 Å². The largest absolute Gasteiger partial charge is 0.409 e. The van der Waals surface area contributed by atoms with Gasteiger partial charge in [0.1, 0.15) is 0 Å². The van der Waals surface area contributed by atoms with E-state index in [4.69, 9.17) is 22.5 Å². The van der Waals surface area contributed by atoms with Crippen LogP contribution in [0.5, 0.6) is 0 Å². The van der Waals surface area contributed by atoms with Crippen molar-refractivity contribution >= 4 is 34.9 Å². The lowest BCUT2D eigenvalue weighted by atomic mass is 10.1. The van der Waals surface area contributed by atoms with Gasteiger partial charge in [-0.1, -0.05) is 23.7 Å². The standard InChI is InChI=1S/C13H18ClN3OS/c1-8-9(2)19-6-5-17(8)12-4-3-10(7-11(12)14)13(15)16-18/h3-4,7-9,18H,5-6H2,1-2H3,(H2,15,16). The van der Waals surface area contributed by atoms with Crippen LogP contribution in [0.15, 0.2) is 23.4 Å². The van der Waals surface area contributed by atoms with Gasteiger partial charge in [-0.15, -0.1) is 0 Å². The Kier molecular flexibility index (Phi) is 4.47. The molecule has 0 spiro atoms. The van der Waals surface area contributed by atoms with Crippen molar-refractivity contribution in [2.45, 2.75) is 25.1 Å². The Labute approximate surface area is 122 Å². The molecule has 0 radical (unpaired) electrons. The molecule has 1 aromatic carbocycles. The quantitative estimate of drug-likeness (QED) is 0.381. The first-order chi connectivity index (χ1) is 9.04. The van der Waals surface area contributed by atoms with Crippen LogP contribution in [-0.2, 0) is 0 Å². The summed E-state index contributed by atoms with van der Waals surface area (Å²) in [5, 5.41) is 12.9. The average Bonchev–Trinajstić information content (AvgIpc) is 2.41. The van der Waals surface area contributed by atoms with Gasteiger partial charge < -0.3 is 15.8 Å². The first-order valence-electron chi connectivity index (χ1n) is 6.20. The third kappa shape index (κ3) is 2.92. The molecule has 1 saturated heterocycles. The fourth-order valence-electron chi connectivity index (χ4n) is 2.23. The van der Waals surface area contributed by atoms with E-state index in [1.807, 2.05) is 23.9 Å². The molecule has 4 nitrogen and oxygen atoms in total. The highest BCUT2D eigenvalue weighted by molar-refractivity contribution is 8.00. The van der Waals surface area contributed by atoms with Gasteiger partial charge in [0.15, 0.2) is 5.84 Å². The van der Waals surface area contributed by atoms with Crippen LogP contribution >= 0.6 is 23.4 Å². The molecule has 2 rings (SSSR count). The number of rotatable bonds is 2. The number of amidine groups is 1. The van der Waals surface area contributed by atoms with Crippen molar-refractivity contribution in [3.05, 3.63) is 28.8 Å².